The number of hydrogen-bond donors (Lipinski definition) is 2. The first-order valence-corrected chi connectivity index (χ1v) is 5.51. The molecular formula is C13H16N2O2. The first-order chi connectivity index (χ1) is 8.12. The fraction of sp³-hybridized carbons (Fsp3) is 0.308. The van der Waals surface area contributed by atoms with E-state index in [1.54, 1.807) is 13.1 Å². The Morgan fingerprint density at radius 1 is 1.35 bits per heavy atom. The molecule has 0 spiro atoms. The van der Waals surface area contributed by atoms with Crippen LogP contribution in [0.2, 0.25) is 0 Å². The minimum atomic E-state index is -1.02. The standard InChI is InChI=1S/C13H16N2O2/c1-13(16,8-14)9-17-11-6-2-4-10-5-3-7-15-12(10)11/h2-7,16H,8-9,14H2,1H3. The molecule has 0 aliphatic heterocycles. The average Bonchev–Trinajstić information content (AvgIpc) is 2.36. The van der Waals surface area contributed by atoms with Gasteiger partial charge in [0.25, 0.3) is 0 Å². The molecule has 0 aliphatic rings. The maximum atomic E-state index is 9.79. The third kappa shape index (κ3) is 2.72. The van der Waals surface area contributed by atoms with Crippen molar-refractivity contribution < 1.29 is 9.84 Å². The van der Waals surface area contributed by atoms with Crippen LogP contribution >= 0.6 is 0 Å². The van der Waals surface area contributed by atoms with Crippen LogP contribution in [-0.4, -0.2) is 28.8 Å². The van der Waals surface area contributed by atoms with Gasteiger partial charge in [-0.1, -0.05) is 18.2 Å². The van der Waals surface area contributed by atoms with Crippen molar-refractivity contribution in [2.45, 2.75) is 12.5 Å². The third-order valence-corrected chi connectivity index (χ3v) is 2.57. The van der Waals surface area contributed by atoms with Gasteiger partial charge in [-0.15, -0.1) is 0 Å². The SMILES string of the molecule is CC(O)(CN)COc1cccc2cccnc12. The second-order valence-corrected chi connectivity index (χ2v) is 4.32. The summed E-state index contributed by atoms with van der Waals surface area (Å²) in [5.74, 6) is 0.664. The fourth-order valence-electron chi connectivity index (χ4n) is 1.48. The van der Waals surface area contributed by atoms with Crippen molar-refractivity contribution in [1.82, 2.24) is 4.98 Å². The lowest BCUT2D eigenvalue weighted by Gasteiger charge is -2.21. The van der Waals surface area contributed by atoms with E-state index in [2.05, 4.69) is 4.98 Å². The summed E-state index contributed by atoms with van der Waals surface area (Å²) in [6.07, 6.45) is 1.72. The zero-order chi connectivity index (χ0) is 12.3. The Bertz CT molecular complexity index is 506. The summed E-state index contributed by atoms with van der Waals surface area (Å²) in [7, 11) is 0. The molecule has 4 heteroatoms. The predicted octanol–water partition coefficient (Wildman–Crippen LogP) is 1.32. The quantitative estimate of drug-likeness (QED) is 0.834. The Morgan fingerprint density at radius 2 is 2.12 bits per heavy atom. The molecule has 2 aromatic rings. The number of nitrogens with zero attached hydrogens (tertiary/aromatic N) is 1. The molecule has 0 aliphatic carbocycles. The van der Waals surface area contributed by atoms with E-state index < -0.39 is 5.60 Å². The molecule has 90 valence electrons. The van der Waals surface area contributed by atoms with Crippen molar-refractivity contribution in [2.75, 3.05) is 13.2 Å². The summed E-state index contributed by atoms with van der Waals surface area (Å²) in [6.45, 7) is 1.95. The highest BCUT2D eigenvalue weighted by molar-refractivity contribution is 5.84. The monoisotopic (exact) mass is 232 g/mol. The molecule has 17 heavy (non-hydrogen) atoms. The smallest absolute Gasteiger partial charge is 0.145 e. The van der Waals surface area contributed by atoms with Gasteiger partial charge in [-0.3, -0.25) is 4.98 Å². The molecule has 3 N–H and O–H groups in total. The Labute approximate surface area is 100 Å². The number of fused-ring (bicyclic) bond motifs is 1. The number of aliphatic hydroxyl groups is 1. The van der Waals surface area contributed by atoms with E-state index in [4.69, 9.17) is 10.5 Å². The topological polar surface area (TPSA) is 68.4 Å². The van der Waals surface area contributed by atoms with Crippen LogP contribution in [0.15, 0.2) is 36.5 Å². The fourth-order valence-corrected chi connectivity index (χ4v) is 1.48. The van der Waals surface area contributed by atoms with Crippen LogP contribution in [0.4, 0.5) is 0 Å². The normalized spacial score (nSPS) is 14.5. The molecular weight excluding hydrogens is 216 g/mol. The minimum absolute atomic E-state index is 0.152. The van der Waals surface area contributed by atoms with Crippen molar-refractivity contribution in [1.29, 1.82) is 0 Å². The number of rotatable bonds is 4. The second-order valence-electron chi connectivity index (χ2n) is 4.32. The van der Waals surface area contributed by atoms with Gasteiger partial charge in [-0.2, -0.15) is 0 Å². The molecule has 1 aromatic heterocycles. The molecule has 0 saturated carbocycles. The largest absolute Gasteiger partial charge is 0.488 e. The summed E-state index contributed by atoms with van der Waals surface area (Å²) < 4.78 is 5.58. The van der Waals surface area contributed by atoms with Crippen molar-refractivity contribution >= 4 is 10.9 Å². The average molecular weight is 232 g/mol. The number of nitrogens with two attached hydrogens (primary N) is 1. The zero-order valence-corrected chi connectivity index (χ0v) is 9.76. The van der Waals surface area contributed by atoms with Crippen LogP contribution in [0.3, 0.4) is 0 Å². The van der Waals surface area contributed by atoms with E-state index in [0.717, 1.165) is 10.9 Å². The summed E-state index contributed by atoms with van der Waals surface area (Å²) in [5.41, 5.74) is 5.21. The van der Waals surface area contributed by atoms with Gasteiger partial charge in [0.15, 0.2) is 0 Å². The third-order valence-electron chi connectivity index (χ3n) is 2.57. The van der Waals surface area contributed by atoms with Crippen molar-refractivity contribution in [3.8, 4) is 5.75 Å². The lowest BCUT2D eigenvalue weighted by atomic mass is 10.1. The van der Waals surface area contributed by atoms with Crippen LogP contribution in [0.25, 0.3) is 10.9 Å². The number of ether oxygens (including phenoxy) is 1. The maximum absolute atomic E-state index is 9.79. The summed E-state index contributed by atoms with van der Waals surface area (Å²) in [6, 6.07) is 9.55. The van der Waals surface area contributed by atoms with Gasteiger partial charge in [0.1, 0.15) is 23.5 Å². The van der Waals surface area contributed by atoms with Crippen LogP contribution < -0.4 is 10.5 Å². The molecule has 0 saturated heterocycles. The number of para-hydroxylation sites is 1. The van der Waals surface area contributed by atoms with Gasteiger partial charge < -0.3 is 15.6 Å². The number of pyridine rings is 1. The van der Waals surface area contributed by atoms with E-state index in [0.29, 0.717) is 5.75 Å². The highest BCUT2D eigenvalue weighted by atomic mass is 16.5. The Kier molecular flexibility index (Phi) is 3.26. The number of aromatic nitrogens is 1. The number of hydrogen-bond acceptors (Lipinski definition) is 4. The zero-order valence-electron chi connectivity index (χ0n) is 9.76. The van der Waals surface area contributed by atoms with Gasteiger partial charge in [-0.05, 0) is 19.1 Å². The van der Waals surface area contributed by atoms with E-state index in [1.807, 2.05) is 30.3 Å². The van der Waals surface area contributed by atoms with Crippen LogP contribution in [-0.2, 0) is 0 Å². The summed E-state index contributed by atoms with van der Waals surface area (Å²) in [4.78, 5) is 4.27. The van der Waals surface area contributed by atoms with Crippen molar-refractivity contribution in [2.24, 2.45) is 5.73 Å². The van der Waals surface area contributed by atoms with E-state index >= 15 is 0 Å². The summed E-state index contributed by atoms with van der Waals surface area (Å²) in [5, 5.41) is 10.8. The Hall–Kier alpha value is -1.65. The molecule has 1 aromatic carbocycles. The molecule has 1 atom stereocenters. The highest BCUT2D eigenvalue weighted by Gasteiger charge is 2.19. The number of benzene rings is 1. The van der Waals surface area contributed by atoms with E-state index in [1.165, 1.54) is 0 Å². The lowest BCUT2D eigenvalue weighted by Crippen LogP contribution is -2.40. The Morgan fingerprint density at radius 3 is 2.88 bits per heavy atom. The molecule has 1 heterocycles. The molecule has 1 unspecified atom stereocenters. The minimum Gasteiger partial charge on any atom is -0.488 e. The Balaban J connectivity index is 2.24. The van der Waals surface area contributed by atoms with Crippen LogP contribution in [0.5, 0.6) is 5.75 Å². The predicted molar refractivity (Wildman–Crippen MR) is 66.9 cm³/mol. The molecule has 4 nitrogen and oxygen atoms in total. The molecule has 0 amide bonds. The molecule has 0 bridgehead atoms. The van der Waals surface area contributed by atoms with Gasteiger partial charge in [0.05, 0.1) is 0 Å². The van der Waals surface area contributed by atoms with Gasteiger partial charge in [0, 0.05) is 18.1 Å². The maximum Gasteiger partial charge on any atom is 0.145 e. The lowest BCUT2D eigenvalue weighted by molar-refractivity contribution is 0.0200. The first kappa shape index (κ1) is 11.8. The summed E-state index contributed by atoms with van der Waals surface area (Å²) >= 11 is 0. The van der Waals surface area contributed by atoms with Crippen LogP contribution in [0, 0.1) is 0 Å². The second kappa shape index (κ2) is 4.69. The van der Waals surface area contributed by atoms with Crippen molar-refractivity contribution in [3.63, 3.8) is 0 Å². The van der Waals surface area contributed by atoms with Crippen LogP contribution in [0.1, 0.15) is 6.92 Å². The van der Waals surface area contributed by atoms with E-state index in [9.17, 15) is 5.11 Å². The van der Waals surface area contributed by atoms with Gasteiger partial charge in [0.2, 0.25) is 0 Å². The molecule has 0 fully saturated rings. The van der Waals surface area contributed by atoms with Gasteiger partial charge in [-0.25, -0.2) is 0 Å². The van der Waals surface area contributed by atoms with Gasteiger partial charge >= 0.3 is 0 Å². The molecule has 0 radical (unpaired) electrons. The first-order valence-electron chi connectivity index (χ1n) is 5.51. The van der Waals surface area contributed by atoms with E-state index in [-0.39, 0.29) is 13.2 Å². The van der Waals surface area contributed by atoms with Crippen molar-refractivity contribution in [3.05, 3.63) is 36.5 Å². The molecule has 2 rings (SSSR count). The highest BCUT2D eigenvalue weighted by Crippen LogP contribution is 2.23.